The summed E-state index contributed by atoms with van der Waals surface area (Å²) < 4.78 is 12.7. The first kappa shape index (κ1) is 15.0. The van der Waals surface area contributed by atoms with Crippen LogP contribution in [0.2, 0.25) is 0 Å². The number of non-ortho nitro benzene ring substituents is 1. The zero-order valence-electron chi connectivity index (χ0n) is 10.8. The lowest BCUT2D eigenvalue weighted by molar-refractivity contribution is -0.403. The molecule has 0 saturated heterocycles. The molecule has 0 unspecified atom stereocenters. The number of hydrogen-bond donors (Lipinski definition) is 0. The Bertz CT molecular complexity index is 774. The summed E-state index contributed by atoms with van der Waals surface area (Å²) >= 11 is 0. The second-order valence-electron chi connectivity index (χ2n) is 4.13. The number of halogens is 1. The van der Waals surface area contributed by atoms with Gasteiger partial charge in [0.15, 0.2) is 0 Å². The first-order chi connectivity index (χ1) is 10.4. The highest BCUT2D eigenvalue weighted by molar-refractivity contribution is 5.88. The van der Waals surface area contributed by atoms with Crippen LogP contribution >= 0.6 is 0 Å². The summed E-state index contributed by atoms with van der Waals surface area (Å²) in [4.78, 5) is 23.5. The predicted octanol–water partition coefficient (Wildman–Crippen LogP) is 2.47. The smallest absolute Gasteiger partial charge is 0.276 e. The molecule has 112 valence electrons. The molecule has 0 N–H and O–H groups in total. The van der Waals surface area contributed by atoms with E-state index in [1.807, 2.05) is 0 Å². The molecule has 0 aromatic heterocycles. The summed E-state index contributed by atoms with van der Waals surface area (Å²) in [5.74, 6) is -1.46. The molecule has 2 aromatic carbocycles. The van der Waals surface area contributed by atoms with Crippen molar-refractivity contribution in [3.63, 3.8) is 0 Å². The second kappa shape index (κ2) is 5.95. The molecule has 0 heterocycles. The quantitative estimate of drug-likeness (QED) is 0.487. The molecule has 22 heavy (non-hydrogen) atoms. The minimum atomic E-state index is -0.995. The van der Waals surface area contributed by atoms with Gasteiger partial charge in [-0.25, -0.2) is 4.39 Å². The van der Waals surface area contributed by atoms with Crippen molar-refractivity contribution >= 4 is 23.3 Å². The molecule has 0 radical (unpaired) electrons. The molecule has 9 heteroatoms. The summed E-state index contributed by atoms with van der Waals surface area (Å²) in [6.45, 7) is 0. The van der Waals surface area contributed by atoms with E-state index in [-0.39, 0.29) is 11.3 Å². The molecule has 0 saturated carbocycles. The maximum absolute atomic E-state index is 12.7. The number of aliphatic imine (C=N–C) groups is 1. The molecule has 0 bridgehead atoms. The van der Waals surface area contributed by atoms with Crippen LogP contribution in [0.3, 0.4) is 0 Å². The monoisotopic (exact) mass is 304 g/mol. The number of rotatable bonds is 4. The van der Waals surface area contributed by atoms with E-state index in [0.717, 1.165) is 24.4 Å². The van der Waals surface area contributed by atoms with Crippen molar-refractivity contribution in [3.05, 3.63) is 68.0 Å². The van der Waals surface area contributed by atoms with Crippen molar-refractivity contribution in [2.24, 2.45) is 4.99 Å². The zero-order chi connectivity index (χ0) is 16.3. The lowest BCUT2D eigenvalue weighted by Crippen LogP contribution is -2.03. The van der Waals surface area contributed by atoms with Gasteiger partial charge in [-0.1, -0.05) is 0 Å². The van der Waals surface area contributed by atoms with Crippen LogP contribution in [-0.4, -0.2) is 16.1 Å². The summed E-state index contributed by atoms with van der Waals surface area (Å²) in [6, 6.07) is 6.41. The van der Waals surface area contributed by atoms with Crippen molar-refractivity contribution < 1.29 is 19.3 Å². The fraction of sp³-hybridized carbons (Fsp3) is 0. The van der Waals surface area contributed by atoms with E-state index in [1.165, 1.54) is 12.1 Å². The topological polar surface area (TPSA) is 122 Å². The van der Waals surface area contributed by atoms with Crippen LogP contribution < -0.4 is 5.11 Å². The third kappa shape index (κ3) is 3.20. The molecule has 0 spiro atoms. The Morgan fingerprint density at radius 2 is 1.68 bits per heavy atom. The molecule has 0 atom stereocenters. The van der Waals surface area contributed by atoms with Gasteiger partial charge in [0.05, 0.1) is 21.6 Å². The average Bonchev–Trinajstić information content (AvgIpc) is 2.47. The van der Waals surface area contributed by atoms with E-state index < -0.39 is 32.8 Å². The van der Waals surface area contributed by atoms with Crippen molar-refractivity contribution in [2.75, 3.05) is 0 Å². The van der Waals surface area contributed by atoms with Crippen LogP contribution in [0, 0.1) is 26.0 Å². The van der Waals surface area contributed by atoms with Crippen molar-refractivity contribution in [1.29, 1.82) is 0 Å². The van der Waals surface area contributed by atoms with Crippen LogP contribution in [0.15, 0.2) is 41.4 Å². The third-order valence-electron chi connectivity index (χ3n) is 2.67. The Hall–Kier alpha value is -3.36. The van der Waals surface area contributed by atoms with Gasteiger partial charge in [0.2, 0.25) is 0 Å². The molecular weight excluding hydrogens is 297 g/mol. The number of nitro benzene ring substituents is 2. The van der Waals surface area contributed by atoms with Crippen LogP contribution in [0.1, 0.15) is 5.56 Å². The lowest BCUT2D eigenvalue weighted by atomic mass is 10.1. The van der Waals surface area contributed by atoms with Gasteiger partial charge in [-0.2, -0.15) is 0 Å². The summed E-state index contributed by atoms with van der Waals surface area (Å²) in [7, 11) is 0. The van der Waals surface area contributed by atoms with Gasteiger partial charge < -0.3 is 5.11 Å². The van der Waals surface area contributed by atoms with E-state index in [0.29, 0.717) is 6.07 Å². The standard InChI is InChI=1S/C13H8FN3O5/c14-9-1-3-10(4-2-9)15-7-8-5-11(16(19)20)6-12(13(8)18)17(21)22/h1-7,18H/p-1. The molecule has 0 amide bonds. The Balaban J connectivity index is 2.47. The van der Waals surface area contributed by atoms with E-state index >= 15 is 0 Å². The number of nitrogens with zero attached hydrogens (tertiary/aromatic N) is 3. The van der Waals surface area contributed by atoms with Crippen molar-refractivity contribution in [3.8, 4) is 5.75 Å². The second-order valence-corrected chi connectivity index (χ2v) is 4.13. The maximum Gasteiger partial charge on any atom is 0.276 e. The summed E-state index contributed by atoms with van der Waals surface area (Å²) in [6.07, 6.45) is 0.968. The maximum atomic E-state index is 12.7. The average molecular weight is 304 g/mol. The molecule has 0 aliphatic carbocycles. The van der Waals surface area contributed by atoms with Gasteiger partial charge in [0.25, 0.3) is 11.4 Å². The molecule has 0 aliphatic rings. The van der Waals surface area contributed by atoms with Gasteiger partial charge in [0, 0.05) is 12.3 Å². The van der Waals surface area contributed by atoms with Gasteiger partial charge in [-0.05, 0) is 35.6 Å². The fourth-order valence-electron chi connectivity index (χ4n) is 1.63. The zero-order valence-corrected chi connectivity index (χ0v) is 10.8. The van der Waals surface area contributed by atoms with Gasteiger partial charge in [-0.3, -0.25) is 25.2 Å². The Kier molecular flexibility index (Phi) is 4.07. The predicted molar refractivity (Wildman–Crippen MR) is 72.9 cm³/mol. The van der Waals surface area contributed by atoms with E-state index in [4.69, 9.17) is 0 Å². The fourth-order valence-corrected chi connectivity index (χ4v) is 1.63. The van der Waals surface area contributed by atoms with Gasteiger partial charge in [-0.15, -0.1) is 0 Å². The van der Waals surface area contributed by atoms with Gasteiger partial charge >= 0.3 is 0 Å². The lowest BCUT2D eigenvalue weighted by Gasteiger charge is -2.10. The van der Waals surface area contributed by atoms with E-state index in [2.05, 4.69) is 4.99 Å². The molecular formula is C13H7FN3O5-. The first-order valence-electron chi connectivity index (χ1n) is 5.82. The number of hydrogen-bond acceptors (Lipinski definition) is 6. The highest BCUT2D eigenvalue weighted by Crippen LogP contribution is 2.31. The van der Waals surface area contributed by atoms with Crippen molar-refractivity contribution in [1.82, 2.24) is 0 Å². The largest absolute Gasteiger partial charge is 0.867 e. The summed E-state index contributed by atoms with van der Waals surface area (Å²) in [5.41, 5.74) is -1.51. The van der Waals surface area contributed by atoms with Crippen LogP contribution in [-0.2, 0) is 0 Å². The Labute approximate surface area is 122 Å². The summed E-state index contributed by atoms with van der Waals surface area (Å²) in [5, 5.41) is 33.3. The Morgan fingerprint density at radius 1 is 1.05 bits per heavy atom. The van der Waals surface area contributed by atoms with Crippen molar-refractivity contribution in [2.45, 2.75) is 0 Å². The minimum absolute atomic E-state index is 0.287. The van der Waals surface area contributed by atoms with Crippen LogP contribution in [0.4, 0.5) is 21.5 Å². The van der Waals surface area contributed by atoms with Gasteiger partial charge in [0.1, 0.15) is 5.82 Å². The molecule has 2 rings (SSSR count). The third-order valence-corrected chi connectivity index (χ3v) is 2.67. The number of benzene rings is 2. The highest BCUT2D eigenvalue weighted by atomic mass is 19.1. The number of nitro groups is 2. The van der Waals surface area contributed by atoms with Crippen LogP contribution in [0.25, 0.3) is 0 Å². The van der Waals surface area contributed by atoms with E-state index in [1.54, 1.807) is 0 Å². The molecule has 8 nitrogen and oxygen atoms in total. The first-order valence-corrected chi connectivity index (χ1v) is 5.82. The molecule has 0 aliphatic heterocycles. The van der Waals surface area contributed by atoms with Crippen LogP contribution in [0.5, 0.6) is 5.75 Å². The normalized spacial score (nSPS) is 10.8. The molecule has 0 fully saturated rings. The Morgan fingerprint density at radius 3 is 2.23 bits per heavy atom. The SMILES string of the molecule is O=[N+]([O-])c1cc(C=Nc2ccc(F)cc2)c([O-])c([N+](=O)[O-])c1. The minimum Gasteiger partial charge on any atom is -0.867 e. The highest BCUT2D eigenvalue weighted by Gasteiger charge is 2.17. The molecule has 2 aromatic rings. The van der Waals surface area contributed by atoms with E-state index in [9.17, 15) is 29.7 Å².